The molecule has 1 aromatic heterocycles. The maximum absolute atomic E-state index is 12.9. The second-order valence-electron chi connectivity index (χ2n) is 4.82. The smallest absolute Gasteiger partial charge is 0.224 e. The minimum Gasteiger partial charge on any atom is -0.439 e. The fourth-order valence-corrected chi connectivity index (χ4v) is 2.12. The number of anilines is 1. The van der Waals surface area contributed by atoms with Gasteiger partial charge in [0, 0.05) is 12.6 Å². The Morgan fingerprint density at radius 2 is 2.00 bits per heavy atom. The Bertz CT molecular complexity index is 641. The summed E-state index contributed by atoms with van der Waals surface area (Å²) in [6.07, 6.45) is 3.10. The summed E-state index contributed by atoms with van der Waals surface area (Å²) in [7, 11) is 0. The Hall–Kier alpha value is -2.48. The number of hydrogen-bond donors (Lipinski definition) is 1. The molecule has 0 spiro atoms. The summed E-state index contributed by atoms with van der Waals surface area (Å²) in [4.78, 5) is 0. The lowest BCUT2D eigenvalue weighted by atomic mass is 10.2. The SMILES string of the molecule is CCCCCn1c(C#N)cc(N)c1Oc1ccc(F)cc1. The number of nitrogens with zero attached hydrogens (tertiary/aromatic N) is 2. The van der Waals surface area contributed by atoms with Crippen LogP contribution in [0.2, 0.25) is 0 Å². The summed E-state index contributed by atoms with van der Waals surface area (Å²) in [6, 6.07) is 9.43. The Balaban J connectivity index is 2.26. The van der Waals surface area contributed by atoms with Gasteiger partial charge < -0.3 is 15.0 Å². The predicted molar refractivity (Wildman–Crippen MR) is 79.6 cm³/mol. The fraction of sp³-hybridized carbons (Fsp3) is 0.312. The zero-order valence-corrected chi connectivity index (χ0v) is 12.0. The summed E-state index contributed by atoms with van der Waals surface area (Å²) in [5.41, 5.74) is 6.81. The molecule has 110 valence electrons. The predicted octanol–water partition coefficient (Wildman–Crippen LogP) is 4.06. The second-order valence-corrected chi connectivity index (χ2v) is 4.82. The Morgan fingerprint density at radius 1 is 1.29 bits per heavy atom. The molecule has 0 aliphatic heterocycles. The van der Waals surface area contributed by atoms with Crippen molar-refractivity contribution in [3.63, 3.8) is 0 Å². The van der Waals surface area contributed by atoms with Crippen LogP contribution in [-0.2, 0) is 6.54 Å². The van der Waals surface area contributed by atoms with E-state index in [0.29, 0.717) is 29.6 Å². The first-order valence-corrected chi connectivity index (χ1v) is 6.98. The average Bonchev–Trinajstić information content (AvgIpc) is 2.78. The van der Waals surface area contributed by atoms with Crippen molar-refractivity contribution >= 4 is 5.69 Å². The van der Waals surface area contributed by atoms with E-state index < -0.39 is 0 Å². The number of hydrogen-bond acceptors (Lipinski definition) is 3. The van der Waals surface area contributed by atoms with Crippen molar-refractivity contribution in [3.05, 3.63) is 41.8 Å². The van der Waals surface area contributed by atoms with E-state index in [9.17, 15) is 9.65 Å². The highest BCUT2D eigenvalue weighted by atomic mass is 19.1. The molecular weight excluding hydrogens is 269 g/mol. The third kappa shape index (κ3) is 3.54. The molecule has 5 heteroatoms. The van der Waals surface area contributed by atoms with Crippen molar-refractivity contribution in [1.29, 1.82) is 5.26 Å². The van der Waals surface area contributed by atoms with Crippen molar-refractivity contribution in [2.24, 2.45) is 0 Å². The fourth-order valence-electron chi connectivity index (χ4n) is 2.12. The molecule has 1 aromatic carbocycles. The largest absolute Gasteiger partial charge is 0.439 e. The van der Waals surface area contributed by atoms with E-state index in [1.807, 2.05) is 0 Å². The van der Waals surface area contributed by atoms with Gasteiger partial charge in [-0.2, -0.15) is 5.26 Å². The minimum absolute atomic E-state index is 0.327. The van der Waals surface area contributed by atoms with Gasteiger partial charge >= 0.3 is 0 Å². The van der Waals surface area contributed by atoms with E-state index in [4.69, 9.17) is 10.5 Å². The first kappa shape index (κ1) is 14.9. The quantitative estimate of drug-likeness (QED) is 0.815. The molecule has 1 heterocycles. The van der Waals surface area contributed by atoms with Crippen molar-refractivity contribution in [2.75, 3.05) is 5.73 Å². The molecule has 0 unspecified atom stereocenters. The van der Waals surface area contributed by atoms with Crippen molar-refractivity contribution < 1.29 is 9.13 Å². The number of nitrogens with two attached hydrogens (primary N) is 1. The Kier molecular flexibility index (Phi) is 4.83. The van der Waals surface area contributed by atoms with Crippen molar-refractivity contribution in [2.45, 2.75) is 32.7 Å². The van der Waals surface area contributed by atoms with Crippen LogP contribution in [0.5, 0.6) is 11.6 Å². The van der Waals surface area contributed by atoms with Gasteiger partial charge in [0.25, 0.3) is 0 Å². The highest BCUT2D eigenvalue weighted by molar-refractivity contribution is 5.56. The molecule has 4 nitrogen and oxygen atoms in total. The topological polar surface area (TPSA) is 64.0 Å². The zero-order chi connectivity index (χ0) is 15.2. The zero-order valence-electron chi connectivity index (χ0n) is 12.0. The summed E-state index contributed by atoms with van der Waals surface area (Å²) in [5.74, 6) is 0.600. The van der Waals surface area contributed by atoms with Gasteiger partial charge in [-0.1, -0.05) is 19.8 Å². The molecule has 0 saturated carbocycles. The second kappa shape index (κ2) is 6.80. The number of halogens is 1. The molecule has 21 heavy (non-hydrogen) atoms. The van der Waals surface area contributed by atoms with Gasteiger partial charge in [0.15, 0.2) is 0 Å². The molecule has 0 saturated heterocycles. The van der Waals surface area contributed by atoms with Gasteiger partial charge in [-0.3, -0.25) is 0 Å². The molecule has 0 bridgehead atoms. The van der Waals surface area contributed by atoms with Gasteiger partial charge in [0.05, 0.1) is 5.69 Å². The number of benzene rings is 1. The lowest BCUT2D eigenvalue weighted by molar-refractivity contribution is 0.422. The highest BCUT2D eigenvalue weighted by Crippen LogP contribution is 2.31. The number of unbranched alkanes of at least 4 members (excludes halogenated alkanes) is 2. The standard InChI is InChI=1S/C16H18FN3O/c1-2-3-4-9-20-13(11-18)10-15(19)16(20)21-14-7-5-12(17)6-8-14/h5-8,10H,2-4,9,19H2,1H3. The van der Waals surface area contributed by atoms with Gasteiger partial charge in [0.1, 0.15) is 23.3 Å². The maximum atomic E-state index is 12.9. The van der Waals surface area contributed by atoms with E-state index in [1.165, 1.54) is 24.3 Å². The van der Waals surface area contributed by atoms with Crippen LogP contribution in [0.1, 0.15) is 31.9 Å². The summed E-state index contributed by atoms with van der Waals surface area (Å²) in [5, 5.41) is 9.18. The minimum atomic E-state index is -0.327. The maximum Gasteiger partial charge on any atom is 0.224 e. The summed E-state index contributed by atoms with van der Waals surface area (Å²) >= 11 is 0. The number of ether oxygens (including phenoxy) is 1. The third-order valence-corrected chi connectivity index (χ3v) is 3.20. The van der Waals surface area contributed by atoms with Crippen molar-refractivity contribution in [1.82, 2.24) is 4.57 Å². The van der Waals surface area contributed by atoms with Crippen molar-refractivity contribution in [3.8, 4) is 17.7 Å². The molecule has 0 aliphatic carbocycles. The lowest BCUT2D eigenvalue weighted by Gasteiger charge is -2.12. The summed E-state index contributed by atoms with van der Waals surface area (Å²) < 4.78 is 20.4. The molecule has 2 aromatic rings. The number of nitrogen functional groups attached to an aromatic ring is 1. The van der Waals surface area contributed by atoms with E-state index in [1.54, 1.807) is 10.6 Å². The molecule has 0 radical (unpaired) electrons. The number of nitriles is 1. The van der Waals surface area contributed by atoms with E-state index in [0.717, 1.165) is 19.3 Å². The Morgan fingerprint density at radius 3 is 2.62 bits per heavy atom. The van der Waals surface area contributed by atoms with Crippen LogP contribution < -0.4 is 10.5 Å². The number of rotatable bonds is 6. The molecule has 0 amide bonds. The number of aromatic nitrogens is 1. The van der Waals surface area contributed by atoms with E-state index >= 15 is 0 Å². The average molecular weight is 287 g/mol. The van der Waals surface area contributed by atoms with Crippen LogP contribution in [0.3, 0.4) is 0 Å². The van der Waals surface area contributed by atoms with Crippen LogP contribution in [0.25, 0.3) is 0 Å². The van der Waals surface area contributed by atoms with Crippen LogP contribution in [0.15, 0.2) is 30.3 Å². The van der Waals surface area contributed by atoms with E-state index in [-0.39, 0.29) is 5.82 Å². The van der Waals surface area contributed by atoms with Gasteiger partial charge in [-0.05, 0) is 30.7 Å². The van der Waals surface area contributed by atoms with Crippen LogP contribution in [0, 0.1) is 17.1 Å². The molecule has 0 fully saturated rings. The van der Waals surface area contributed by atoms with Gasteiger partial charge in [-0.25, -0.2) is 4.39 Å². The Labute approximate surface area is 123 Å². The molecule has 2 rings (SSSR count). The lowest BCUT2D eigenvalue weighted by Crippen LogP contribution is -2.04. The first-order chi connectivity index (χ1) is 10.2. The monoisotopic (exact) mass is 287 g/mol. The molecule has 2 N–H and O–H groups in total. The molecule has 0 aliphatic rings. The van der Waals surface area contributed by atoms with Gasteiger partial charge in [0.2, 0.25) is 5.88 Å². The van der Waals surface area contributed by atoms with Crippen LogP contribution in [0.4, 0.5) is 10.1 Å². The normalized spacial score (nSPS) is 10.3. The summed E-state index contributed by atoms with van der Waals surface area (Å²) in [6.45, 7) is 2.79. The van der Waals surface area contributed by atoms with E-state index in [2.05, 4.69) is 13.0 Å². The van der Waals surface area contributed by atoms with Gasteiger partial charge in [-0.15, -0.1) is 0 Å². The van der Waals surface area contributed by atoms with Crippen LogP contribution in [-0.4, -0.2) is 4.57 Å². The molecule has 0 atom stereocenters. The first-order valence-electron chi connectivity index (χ1n) is 6.98. The highest BCUT2D eigenvalue weighted by Gasteiger charge is 2.15. The van der Waals surface area contributed by atoms with Crippen LogP contribution >= 0.6 is 0 Å². The molecular formula is C16H18FN3O. The third-order valence-electron chi connectivity index (χ3n) is 3.20.